The van der Waals surface area contributed by atoms with Crippen LogP contribution in [0.3, 0.4) is 0 Å². The summed E-state index contributed by atoms with van der Waals surface area (Å²) in [5.74, 6) is 1.14. The number of amides is 1. The van der Waals surface area contributed by atoms with Crippen LogP contribution in [-0.2, 0) is 13.6 Å². The number of unbranched alkanes of at least 4 members (excludes halogenated alkanes) is 7. The first-order valence-corrected chi connectivity index (χ1v) is 11.2. The van der Waals surface area contributed by atoms with E-state index < -0.39 is 0 Å². The molecule has 0 aliphatic carbocycles. The van der Waals surface area contributed by atoms with E-state index in [4.69, 9.17) is 9.47 Å². The number of rotatable bonds is 14. The van der Waals surface area contributed by atoms with E-state index in [-0.39, 0.29) is 5.91 Å². The topological polar surface area (TPSA) is 51.4 Å². The highest BCUT2D eigenvalue weighted by Crippen LogP contribution is 2.28. The first kappa shape index (κ1) is 23.7. The summed E-state index contributed by atoms with van der Waals surface area (Å²) >= 11 is 0. The Morgan fingerprint density at radius 1 is 0.967 bits per heavy atom. The van der Waals surface area contributed by atoms with Crippen LogP contribution in [0.4, 0.5) is 0 Å². The van der Waals surface area contributed by atoms with E-state index in [0.29, 0.717) is 30.2 Å². The van der Waals surface area contributed by atoms with Crippen molar-refractivity contribution in [2.24, 2.45) is 7.05 Å². The average Bonchev–Trinajstić information content (AvgIpc) is 2.77. The Hall–Kier alpha value is -2.56. The maximum absolute atomic E-state index is 12.5. The number of carbonyl (C=O) groups excluding carboxylic acids is 1. The minimum Gasteiger partial charge on any atom is -0.493 e. The van der Waals surface area contributed by atoms with Crippen molar-refractivity contribution < 1.29 is 18.8 Å². The molecule has 1 aromatic heterocycles. The second-order valence-corrected chi connectivity index (χ2v) is 7.67. The molecule has 0 bridgehead atoms. The van der Waals surface area contributed by atoms with Crippen LogP contribution in [0.5, 0.6) is 11.5 Å². The summed E-state index contributed by atoms with van der Waals surface area (Å²) in [5.41, 5.74) is 1.59. The van der Waals surface area contributed by atoms with E-state index >= 15 is 0 Å². The third-order valence-electron chi connectivity index (χ3n) is 5.27. The fraction of sp³-hybridized carbons (Fsp3) is 0.520. The van der Waals surface area contributed by atoms with Gasteiger partial charge in [-0.3, -0.25) is 4.79 Å². The van der Waals surface area contributed by atoms with Crippen molar-refractivity contribution in [2.45, 2.75) is 64.8 Å². The van der Waals surface area contributed by atoms with Gasteiger partial charge >= 0.3 is 0 Å². The number of nitrogens with zero attached hydrogens (tertiary/aromatic N) is 1. The summed E-state index contributed by atoms with van der Waals surface area (Å²) in [6, 6.07) is 11.3. The number of benzene rings is 1. The van der Waals surface area contributed by atoms with Gasteiger partial charge < -0.3 is 14.8 Å². The summed E-state index contributed by atoms with van der Waals surface area (Å²) in [5, 5.41) is 2.96. The van der Waals surface area contributed by atoms with Gasteiger partial charge in [0.25, 0.3) is 5.91 Å². The molecule has 5 heteroatoms. The molecular formula is C25H37N2O3+. The van der Waals surface area contributed by atoms with E-state index in [1.807, 2.05) is 42.1 Å². The van der Waals surface area contributed by atoms with Crippen LogP contribution in [0.1, 0.15) is 74.3 Å². The van der Waals surface area contributed by atoms with Gasteiger partial charge in [-0.1, -0.05) is 57.9 Å². The van der Waals surface area contributed by atoms with Crippen molar-refractivity contribution in [1.82, 2.24) is 5.32 Å². The molecule has 0 aliphatic heterocycles. The van der Waals surface area contributed by atoms with Gasteiger partial charge in [-0.25, -0.2) is 4.57 Å². The monoisotopic (exact) mass is 413 g/mol. The van der Waals surface area contributed by atoms with E-state index in [9.17, 15) is 4.79 Å². The number of hydrogen-bond donors (Lipinski definition) is 1. The number of ether oxygens (including phenoxy) is 2. The molecule has 164 valence electrons. The van der Waals surface area contributed by atoms with Gasteiger partial charge in [0.15, 0.2) is 23.4 Å². The van der Waals surface area contributed by atoms with Gasteiger partial charge in [-0.2, -0.15) is 0 Å². The molecule has 1 N–H and O–H groups in total. The third kappa shape index (κ3) is 8.05. The van der Waals surface area contributed by atoms with Crippen LogP contribution in [-0.4, -0.2) is 19.6 Å². The molecule has 0 saturated heterocycles. The second-order valence-electron chi connectivity index (χ2n) is 7.67. The molecule has 0 atom stereocenters. The van der Waals surface area contributed by atoms with Crippen LogP contribution in [0.15, 0.2) is 42.6 Å². The Bertz CT molecular complexity index is 777. The van der Waals surface area contributed by atoms with Gasteiger partial charge in [0.1, 0.15) is 13.6 Å². The summed E-state index contributed by atoms with van der Waals surface area (Å²) in [6.07, 6.45) is 12.1. The lowest BCUT2D eigenvalue weighted by molar-refractivity contribution is -0.679. The summed E-state index contributed by atoms with van der Waals surface area (Å²) < 4.78 is 13.3. The molecule has 1 aromatic carbocycles. The lowest BCUT2D eigenvalue weighted by atomic mass is 10.1. The largest absolute Gasteiger partial charge is 0.493 e. The second kappa shape index (κ2) is 13.6. The Morgan fingerprint density at radius 3 is 2.40 bits per heavy atom. The molecule has 30 heavy (non-hydrogen) atoms. The van der Waals surface area contributed by atoms with Crippen LogP contribution in [0.25, 0.3) is 0 Å². The number of aryl methyl sites for hydroxylation is 1. The van der Waals surface area contributed by atoms with E-state index in [1.165, 1.54) is 44.9 Å². The zero-order chi connectivity index (χ0) is 21.6. The maximum atomic E-state index is 12.5. The van der Waals surface area contributed by atoms with Crippen molar-refractivity contribution >= 4 is 5.91 Å². The van der Waals surface area contributed by atoms with E-state index in [2.05, 4.69) is 12.2 Å². The minimum atomic E-state index is -0.133. The van der Waals surface area contributed by atoms with Gasteiger partial charge in [0, 0.05) is 17.7 Å². The Morgan fingerprint density at radius 2 is 1.70 bits per heavy atom. The molecule has 0 radical (unpaired) electrons. The third-order valence-corrected chi connectivity index (χ3v) is 5.27. The van der Waals surface area contributed by atoms with Crippen LogP contribution in [0, 0.1) is 0 Å². The standard InChI is InChI=1S/C25H36N2O3/c1-4-5-6-7-8-9-10-13-18-30-23-16-15-21(19-24(23)29-3)25(28)26-20-22-14-11-12-17-27(22)2/h11-12,14-17,19H,4-10,13,18,20H2,1-3H3/p+1. The first-order chi connectivity index (χ1) is 14.7. The van der Waals surface area contributed by atoms with E-state index in [0.717, 1.165) is 12.1 Å². The van der Waals surface area contributed by atoms with Gasteiger partial charge in [-0.05, 0) is 24.6 Å². The normalized spacial score (nSPS) is 10.6. The molecule has 0 saturated carbocycles. The minimum absolute atomic E-state index is 0.133. The molecule has 2 aromatic rings. The van der Waals surface area contributed by atoms with E-state index in [1.54, 1.807) is 19.2 Å². The lowest BCUT2D eigenvalue weighted by Gasteiger charge is -2.12. The Balaban J connectivity index is 1.77. The molecule has 0 spiro atoms. The van der Waals surface area contributed by atoms with Crippen LogP contribution >= 0.6 is 0 Å². The first-order valence-electron chi connectivity index (χ1n) is 11.2. The van der Waals surface area contributed by atoms with Crippen LogP contribution in [0.2, 0.25) is 0 Å². The highest BCUT2D eigenvalue weighted by molar-refractivity contribution is 5.94. The SMILES string of the molecule is CCCCCCCCCCOc1ccc(C(=O)NCc2cccc[n+]2C)cc1OC. The highest BCUT2D eigenvalue weighted by Gasteiger charge is 2.13. The lowest BCUT2D eigenvalue weighted by Crippen LogP contribution is -2.36. The van der Waals surface area contributed by atoms with Crippen molar-refractivity contribution in [3.63, 3.8) is 0 Å². The highest BCUT2D eigenvalue weighted by atomic mass is 16.5. The Labute approximate surface area is 181 Å². The molecule has 5 nitrogen and oxygen atoms in total. The molecule has 2 rings (SSSR count). The molecule has 1 heterocycles. The number of pyridine rings is 1. The molecule has 0 unspecified atom stereocenters. The zero-order valence-electron chi connectivity index (χ0n) is 18.8. The van der Waals surface area contributed by atoms with Gasteiger partial charge in [0.2, 0.25) is 0 Å². The fourth-order valence-electron chi connectivity index (χ4n) is 3.36. The number of nitrogens with one attached hydrogen (secondary N) is 1. The average molecular weight is 414 g/mol. The molecule has 1 amide bonds. The van der Waals surface area contributed by atoms with Gasteiger partial charge in [0.05, 0.1) is 13.7 Å². The summed E-state index contributed by atoms with van der Waals surface area (Å²) in [7, 11) is 3.56. The van der Waals surface area contributed by atoms with Crippen molar-refractivity contribution in [3.05, 3.63) is 53.9 Å². The molecule has 0 aliphatic rings. The quantitative estimate of drug-likeness (QED) is 0.351. The number of aromatic nitrogens is 1. The maximum Gasteiger partial charge on any atom is 0.251 e. The smallest absolute Gasteiger partial charge is 0.251 e. The zero-order valence-corrected chi connectivity index (χ0v) is 18.8. The number of carbonyl (C=O) groups is 1. The predicted molar refractivity (Wildman–Crippen MR) is 120 cm³/mol. The number of hydrogen-bond acceptors (Lipinski definition) is 3. The fourth-order valence-corrected chi connectivity index (χ4v) is 3.36. The Kier molecular flexibility index (Phi) is 10.8. The predicted octanol–water partition coefficient (Wildman–Crippen LogP) is 4.97. The summed E-state index contributed by atoms with van der Waals surface area (Å²) in [4.78, 5) is 12.5. The van der Waals surface area contributed by atoms with Crippen molar-refractivity contribution in [3.8, 4) is 11.5 Å². The van der Waals surface area contributed by atoms with Crippen molar-refractivity contribution in [1.29, 1.82) is 0 Å². The van der Waals surface area contributed by atoms with Crippen LogP contribution < -0.4 is 19.4 Å². The number of methoxy groups -OCH3 is 1. The molecular weight excluding hydrogens is 376 g/mol. The summed E-state index contributed by atoms with van der Waals surface area (Å²) in [6.45, 7) is 3.38. The molecule has 0 fully saturated rings. The van der Waals surface area contributed by atoms with Crippen molar-refractivity contribution in [2.75, 3.05) is 13.7 Å². The van der Waals surface area contributed by atoms with Gasteiger partial charge in [-0.15, -0.1) is 0 Å².